The molecule has 1 aromatic carbocycles. The van der Waals surface area contributed by atoms with Crippen molar-refractivity contribution in [3.63, 3.8) is 0 Å². The molecule has 0 radical (unpaired) electrons. The van der Waals surface area contributed by atoms with Crippen molar-refractivity contribution in [3.8, 4) is 0 Å². The van der Waals surface area contributed by atoms with Gasteiger partial charge in [0.25, 0.3) is 0 Å². The Bertz CT molecular complexity index is 220. The SMILES string of the molecule is COOCc1ccc(CN)cc1. The highest BCUT2D eigenvalue weighted by Gasteiger charge is 1.92. The van der Waals surface area contributed by atoms with Crippen molar-refractivity contribution in [2.24, 2.45) is 5.73 Å². The first kappa shape index (κ1) is 9.19. The smallest absolute Gasteiger partial charge is 0.107 e. The average Bonchev–Trinajstić information content (AvgIpc) is 2.15. The van der Waals surface area contributed by atoms with E-state index in [1.165, 1.54) is 7.11 Å². The molecule has 0 spiro atoms. The number of rotatable bonds is 4. The van der Waals surface area contributed by atoms with E-state index in [1.54, 1.807) is 0 Å². The first-order valence-corrected chi connectivity index (χ1v) is 3.80. The van der Waals surface area contributed by atoms with Crippen LogP contribution in [0.4, 0.5) is 0 Å². The second-order valence-electron chi connectivity index (χ2n) is 2.45. The van der Waals surface area contributed by atoms with Crippen molar-refractivity contribution in [3.05, 3.63) is 35.4 Å². The van der Waals surface area contributed by atoms with E-state index < -0.39 is 0 Å². The third-order valence-corrected chi connectivity index (χ3v) is 1.60. The van der Waals surface area contributed by atoms with E-state index in [0.29, 0.717) is 13.2 Å². The van der Waals surface area contributed by atoms with E-state index in [9.17, 15) is 0 Å². The minimum absolute atomic E-state index is 0.474. The molecule has 0 fully saturated rings. The molecule has 3 nitrogen and oxygen atoms in total. The van der Waals surface area contributed by atoms with Crippen molar-refractivity contribution >= 4 is 0 Å². The molecule has 0 aliphatic carbocycles. The molecule has 66 valence electrons. The zero-order chi connectivity index (χ0) is 8.81. The third kappa shape index (κ3) is 2.62. The molecule has 0 bridgehead atoms. The van der Waals surface area contributed by atoms with Gasteiger partial charge in [0.2, 0.25) is 0 Å². The molecule has 0 aliphatic heterocycles. The van der Waals surface area contributed by atoms with Crippen molar-refractivity contribution in [2.45, 2.75) is 13.2 Å². The lowest BCUT2D eigenvalue weighted by Crippen LogP contribution is -1.96. The molecular weight excluding hydrogens is 154 g/mol. The predicted molar refractivity (Wildman–Crippen MR) is 46.1 cm³/mol. The Morgan fingerprint density at radius 2 is 1.75 bits per heavy atom. The molecule has 12 heavy (non-hydrogen) atoms. The molecule has 0 aliphatic rings. The Kier molecular flexibility index (Phi) is 3.73. The number of benzene rings is 1. The van der Waals surface area contributed by atoms with Gasteiger partial charge < -0.3 is 5.73 Å². The Labute approximate surface area is 72.0 Å². The number of nitrogens with two attached hydrogens (primary N) is 1. The van der Waals surface area contributed by atoms with Gasteiger partial charge >= 0.3 is 0 Å². The normalized spacial score (nSPS) is 10.2. The van der Waals surface area contributed by atoms with E-state index in [2.05, 4.69) is 4.89 Å². The van der Waals surface area contributed by atoms with Gasteiger partial charge in [-0.05, 0) is 11.1 Å². The quantitative estimate of drug-likeness (QED) is 0.541. The van der Waals surface area contributed by atoms with Crippen LogP contribution in [0.5, 0.6) is 0 Å². The van der Waals surface area contributed by atoms with Crippen molar-refractivity contribution in [1.82, 2.24) is 0 Å². The zero-order valence-corrected chi connectivity index (χ0v) is 7.12. The predicted octanol–water partition coefficient (Wildman–Crippen LogP) is 1.22. The summed E-state index contributed by atoms with van der Waals surface area (Å²) in [5, 5.41) is 0. The summed E-state index contributed by atoms with van der Waals surface area (Å²) in [4.78, 5) is 9.24. The maximum atomic E-state index is 5.44. The van der Waals surface area contributed by atoms with Crippen LogP contribution >= 0.6 is 0 Å². The molecule has 1 rings (SSSR count). The van der Waals surface area contributed by atoms with E-state index in [-0.39, 0.29) is 0 Å². The first-order valence-electron chi connectivity index (χ1n) is 3.80. The van der Waals surface area contributed by atoms with Crippen LogP contribution in [0, 0.1) is 0 Å². The Morgan fingerprint density at radius 3 is 2.25 bits per heavy atom. The summed E-state index contributed by atoms with van der Waals surface area (Å²) >= 11 is 0. The molecule has 0 amide bonds. The van der Waals surface area contributed by atoms with Gasteiger partial charge in [0, 0.05) is 6.54 Å². The lowest BCUT2D eigenvalue weighted by molar-refractivity contribution is -0.282. The summed E-state index contributed by atoms with van der Waals surface area (Å²) in [6, 6.07) is 7.91. The fraction of sp³-hybridized carbons (Fsp3) is 0.333. The molecule has 0 saturated carbocycles. The van der Waals surface area contributed by atoms with E-state index in [4.69, 9.17) is 10.6 Å². The molecule has 0 unspecified atom stereocenters. The molecule has 3 heteroatoms. The van der Waals surface area contributed by atoms with Crippen molar-refractivity contribution < 1.29 is 9.78 Å². The highest BCUT2D eigenvalue weighted by atomic mass is 17.2. The van der Waals surface area contributed by atoms with Crippen LogP contribution < -0.4 is 5.73 Å². The summed E-state index contributed by atoms with van der Waals surface area (Å²) < 4.78 is 0. The maximum Gasteiger partial charge on any atom is 0.107 e. The van der Waals surface area contributed by atoms with Gasteiger partial charge in [0.1, 0.15) is 6.61 Å². The average molecular weight is 167 g/mol. The lowest BCUT2D eigenvalue weighted by atomic mass is 10.1. The van der Waals surface area contributed by atoms with E-state index >= 15 is 0 Å². The molecule has 1 aromatic rings. The monoisotopic (exact) mass is 167 g/mol. The van der Waals surface area contributed by atoms with Crippen LogP contribution in [0.2, 0.25) is 0 Å². The molecule has 0 atom stereocenters. The largest absolute Gasteiger partial charge is 0.326 e. The van der Waals surface area contributed by atoms with Gasteiger partial charge in [-0.15, -0.1) is 0 Å². The summed E-state index contributed by atoms with van der Waals surface area (Å²) in [5.41, 5.74) is 7.64. The maximum absolute atomic E-state index is 5.44. The van der Waals surface area contributed by atoms with E-state index in [0.717, 1.165) is 11.1 Å². The van der Waals surface area contributed by atoms with Crippen LogP contribution in [0.3, 0.4) is 0 Å². The summed E-state index contributed by atoms with van der Waals surface area (Å²) in [6.07, 6.45) is 0. The Morgan fingerprint density at radius 1 is 1.17 bits per heavy atom. The zero-order valence-electron chi connectivity index (χ0n) is 7.12. The highest BCUT2D eigenvalue weighted by Crippen LogP contribution is 2.04. The molecule has 0 heterocycles. The van der Waals surface area contributed by atoms with E-state index in [1.807, 2.05) is 24.3 Å². The standard InChI is InChI=1S/C9H13NO2/c1-11-12-7-9-4-2-8(6-10)3-5-9/h2-5H,6-7,10H2,1H3. The van der Waals surface area contributed by atoms with Gasteiger partial charge in [-0.25, -0.2) is 9.78 Å². The minimum atomic E-state index is 0.474. The molecule has 0 saturated heterocycles. The van der Waals surface area contributed by atoms with Crippen molar-refractivity contribution in [2.75, 3.05) is 7.11 Å². The lowest BCUT2D eigenvalue weighted by Gasteiger charge is -2.01. The fourth-order valence-corrected chi connectivity index (χ4v) is 0.899. The third-order valence-electron chi connectivity index (χ3n) is 1.60. The van der Waals surface area contributed by atoms with Gasteiger partial charge in [0.05, 0.1) is 7.11 Å². The highest BCUT2D eigenvalue weighted by molar-refractivity contribution is 5.21. The van der Waals surface area contributed by atoms with Crippen LogP contribution in [-0.2, 0) is 22.9 Å². The second kappa shape index (κ2) is 4.87. The summed E-state index contributed by atoms with van der Waals surface area (Å²) in [5.74, 6) is 0. The van der Waals surface area contributed by atoms with Crippen molar-refractivity contribution in [1.29, 1.82) is 0 Å². The molecule has 2 N–H and O–H groups in total. The fourth-order valence-electron chi connectivity index (χ4n) is 0.899. The second-order valence-corrected chi connectivity index (χ2v) is 2.45. The van der Waals surface area contributed by atoms with Crippen LogP contribution in [-0.4, -0.2) is 7.11 Å². The van der Waals surface area contributed by atoms with Crippen LogP contribution in [0.15, 0.2) is 24.3 Å². The topological polar surface area (TPSA) is 44.5 Å². The molecule has 0 aromatic heterocycles. The van der Waals surface area contributed by atoms with Gasteiger partial charge in [-0.1, -0.05) is 24.3 Å². The van der Waals surface area contributed by atoms with Gasteiger partial charge in [-0.2, -0.15) is 0 Å². The number of hydrogen-bond donors (Lipinski definition) is 1. The first-order chi connectivity index (χ1) is 5.86. The van der Waals surface area contributed by atoms with Crippen LogP contribution in [0.25, 0.3) is 0 Å². The minimum Gasteiger partial charge on any atom is -0.326 e. The van der Waals surface area contributed by atoms with Gasteiger partial charge in [0.15, 0.2) is 0 Å². The number of hydrogen-bond acceptors (Lipinski definition) is 3. The Balaban J connectivity index is 2.53. The molecular formula is C9H13NO2. The summed E-state index contributed by atoms with van der Waals surface area (Å²) in [7, 11) is 1.49. The Hall–Kier alpha value is -0.900. The van der Waals surface area contributed by atoms with Gasteiger partial charge in [-0.3, -0.25) is 0 Å². The summed E-state index contributed by atoms with van der Waals surface area (Å²) in [6.45, 7) is 1.05. The van der Waals surface area contributed by atoms with Crippen LogP contribution in [0.1, 0.15) is 11.1 Å².